The molecule has 1 aromatic heterocycles. The quantitative estimate of drug-likeness (QED) is 0.788. The van der Waals surface area contributed by atoms with Crippen molar-refractivity contribution < 1.29 is 0 Å². The lowest BCUT2D eigenvalue weighted by molar-refractivity contribution is 0.512. The topological polar surface area (TPSA) is 55.0 Å². The molecule has 0 spiro atoms. The molecule has 0 aromatic carbocycles. The largest absolute Gasteiger partial charge is 0.389 e. The smallest absolute Gasteiger partial charge is 0.161 e. The van der Waals surface area contributed by atoms with Gasteiger partial charge in [0.05, 0.1) is 11.8 Å². The van der Waals surface area contributed by atoms with Crippen molar-refractivity contribution in [3.8, 4) is 0 Å². The Labute approximate surface area is 101 Å². The molecule has 16 heavy (non-hydrogen) atoms. The fraction of sp³-hybridized carbons (Fsp3) is 0.545. The van der Waals surface area contributed by atoms with Crippen LogP contribution in [0.1, 0.15) is 32.3 Å². The summed E-state index contributed by atoms with van der Waals surface area (Å²) in [7, 11) is 0. The molecule has 4 nitrogen and oxygen atoms in total. The van der Waals surface area contributed by atoms with Gasteiger partial charge in [0.1, 0.15) is 4.99 Å². The van der Waals surface area contributed by atoms with E-state index >= 15 is 0 Å². The standard InChI is InChI=1S/C11H16N4S/c1-11(2)5-3-7-15(11)10-8(9(12)16)4-6-13-14-10/h4,6H,3,5,7H2,1-2H3,(H2,12,16). The van der Waals surface area contributed by atoms with Gasteiger partial charge in [-0.1, -0.05) is 12.2 Å². The summed E-state index contributed by atoms with van der Waals surface area (Å²) in [5.41, 5.74) is 6.63. The third-order valence-electron chi connectivity index (χ3n) is 3.12. The molecule has 0 aliphatic carbocycles. The molecule has 0 radical (unpaired) electrons. The number of hydrogen-bond donors (Lipinski definition) is 1. The van der Waals surface area contributed by atoms with Crippen LogP contribution in [0.2, 0.25) is 0 Å². The Balaban J connectivity index is 2.44. The first-order valence-corrected chi connectivity index (χ1v) is 5.82. The maximum Gasteiger partial charge on any atom is 0.161 e. The first-order valence-electron chi connectivity index (χ1n) is 5.41. The van der Waals surface area contributed by atoms with Crippen molar-refractivity contribution in [1.29, 1.82) is 0 Å². The molecule has 0 amide bonds. The Hall–Kier alpha value is -1.23. The maximum atomic E-state index is 5.71. The lowest BCUT2D eigenvalue weighted by Gasteiger charge is -2.33. The number of anilines is 1. The summed E-state index contributed by atoms with van der Waals surface area (Å²) in [6.45, 7) is 5.40. The summed E-state index contributed by atoms with van der Waals surface area (Å²) >= 11 is 5.04. The summed E-state index contributed by atoms with van der Waals surface area (Å²) in [6, 6.07) is 1.83. The SMILES string of the molecule is CC1(C)CCCN1c1nnccc1C(N)=S. The highest BCUT2D eigenvalue weighted by Crippen LogP contribution is 2.33. The maximum absolute atomic E-state index is 5.71. The summed E-state index contributed by atoms with van der Waals surface area (Å²) in [4.78, 5) is 2.63. The second kappa shape index (κ2) is 3.97. The summed E-state index contributed by atoms with van der Waals surface area (Å²) in [5.74, 6) is 0.817. The van der Waals surface area contributed by atoms with E-state index in [1.807, 2.05) is 6.07 Å². The summed E-state index contributed by atoms with van der Waals surface area (Å²) < 4.78 is 0. The van der Waals surface area contributed by atoms with E-state index in [4.69, 9.17) is 18.0 Å². The van der Waals surface area contributed by atoms with Gasteiger partial charge in [-0.05, 0) is 32.8 Å². The highest BCUT2D eigenvalue weighted by molar-refractivity contribution is 7.80. The van der Waals surface area contributed by atoms with Gasteiger partial charge in [-0.2, -0.15) is 5.10 Å². The minimum Gasteiger partial charge on any atom is -0.389 e. The van der Waals surface area contributed by atoms with E-state index in [1.54, 1.807) is 6.20 Å². The monoisotopic (exact) mass is 236 g/mol. The van der Waals surface area contributed by atoms with Crippen molar-refractivity contribution in [2.24, 2.45) is 5.73 Å². The van der Waals surface area contributed by atoms with Gasteiger partial charge >= 0.3 is 0 Å². The number of thiocarbonyl (C=S) groups is 1. The van der Waals surface area contributed by atoms with Gasteiger partial charge in [0.2, 0.25) is 0 Å². The lowest BCUT2D eigenvalue weighted by atomic mass is 10.0. The van der Waals surface area contributed by atoms with E-state index in [-0.39, 0.29) is 5.54 Å². The van der Waals surface area contributed by atoms with Crippen LogP contribution in [0.5, 0.6) is 0 Å². The van der Waals surface area contributed by atoms with Gasteiger partial charge in [-0.25, -0.2) is 0 Å². The van der Waals surface area contributed by atoms with Crippen LogP contribution in [0.15, 0.2) is 12.3 Å². The van der Waals surface area contributed by atoms with E-state index in [9.17, 15) is 0 Å². The molecule has 0 atom stereocenters. The molecular weight excluding hydrogens is 220 g/mol. The fourth-order valence-corrected chi connectivity index (χ4v) is 2.38. The van der Waals surface area contributed by atoms with Crippen LogP contribution >= 0.6 is 12.2 Å². The van der Waals surface area contributed by atoms with Crippen molar-refractivity contribution in [3.05, 3.63) is 17.8 Å². The molecule has 1 aromatic rings. The Bertz CT molecular complexity index is 416. The van der Waals surface area contributed by atoms with Crippen LogP contribution in [0.4, 0.5) is 5.82 Å². The highest BCUT2D eigenvalue weighted by Gasteiger charge is 2.34. The minimum atomic E-state index is 0.107. The molecule has 0 unspecified atom stereocenters. The van der Waals surface area contributed by atoms with Gasteiger partial charge in [-0.15, -0.1) is 5.10 Å². The third-order valence-corrected chi connectivity index (χ3v) is 3.34. The predicted molar refractivity (Wildman–Crippen MR) is 68.6 cm³/mol. The van der Waals surface area contributed by atoms with Gasteiger partial charge in [0.15, 0.2) is 5.82 Å². The van der Waals surface area contributed by atoms with Gasteiger partial charge < -0.3 is 10.6 Å². The predicted octanol–water partition coefficient (Wildman–Crippen LogP) is 1.49. The first kappa shape index (κ1) is 11.3. The van der Waals surface area contributed by atoms with Crippen LogP contribution in [0.25, 0.3) is 0 Å². The van der Waals surface area contributed by atoms with E-state index in [2.05, 4.69) is 28.9 Å². The molecule has 1 saturated heterocycles. The Morgan fingerprint density at radius 1 is 1.56 bits per heavy atom. The summed E-state index contributed by atoms with van der Waals surface area (Å²) in [6.07, 6.45) is 3.95. The van der Waals surface area contributed by atoms with E-state index < -0.39 is 0 Å². The summed E-state index contributed by atoms with van der Waals surface area (Å²) in [5, 5.41) is 8.12. The zero-order valence-corrected chi connectivity index (χ0v) is 10.4. The molecule has 2 N–H and O–H groups in total. The second-order valence-electron chi connectivity index (χ2n) is 4.70. The average molecular weight is 236 g/mol. The van der Waals surface area contributed by atoms with Crippen molar-refractivity contribution in [1.82, 2.24) is 10.2 Å². The van der Waals surface area contributed by atoms with Crippen molar-refractivity contribution in [3.63, 3.8) is 0 Å². The number of nitrogens with zero attached hydrogens (tertiary/aromatic N) is 3. The molecule has 0 saturated carbocycles. The molecule has 2 rings (SSSR count). The fourth-order valence-electron chi connectivity index (χ4n) is 2.22. The average Bonchev–Trinajstić information content (AvgIpc) is 2.58. The number of aromatic nitrogens is 2. The van der Waals surface area contributed by atoms with Crippen LogP contribution < -0.4 is 10.6 Å². The second-order valence-corrected chi connectivity index (χ2v) is 5.14. The minimum absolute atomic E-state index is 0.107. The van der Waals surface area contributed by atoms with Crippen LogP contribution in [-0.4, -0.2) is 27.3 Å². The van der Waals surface area contributed by atoms with Crippen LogP contribution in [0, 0.1) is 0 Å². The number of hydrogen-bond acceptors (Lipinski definition) is 4. The highest BCUT2D eigenvalue weighted by atomic mass is 32.1. The molecule has 1 fully saturated rings. The van der Waals surface area contributed by atoms with Gasteiger partial charge in [0, 0.05) is 12.1 Å². The van der Waals surface area contributed by atoms with E-state index in [0.717, 1.165) is 24.3 Å². The van der Waals surface area contributed by atoms with E-state index in [0.29, 0.717) is 4.99 Å². The lowest BCUT2D eigenvalue weighted by Crippen LogP contribution is -2.40. The molecular formula is C11H16N4S. The third kappa shape index (κ3) is 1.87. The Morgan fingerprint density at radius 2 is 2.31 bits per heavy atom. The molecule has 0 bridgehead atoms. The molecule has 5 heteroatoms. The molecule has 1 aliphatic rings. The zero-order chi connectivity index (χ0) is 11.8. The normalized spacial score (nSPS) is 18.8. The zero-order valence-electron chi connectivity index (χ0n) is 9.60. The molecule has 86 valence electrons. The van der Waals surface area contributed by atoms with Crippen LogP contribution in [0.3, 0.4) is 0 Å². The van der Waals surface area contributed by atoms with Crippen molar-refractivity contribution in [2.45, 2.75) is 32.2 Å². The van der Waals surface area contributed by atoms with Crippen LogP contribution in [-0.2, 0) is 0 Å². The van der Waals surface area contributed by atoms with Gasteiger partial charge in [-0.3, -0.25) is 0 Å². The van der Waals surface area contributed by atoms with Crippen molar-refractivity contribution >= 4 is 23.0 Å². The van der Waals surface area contributed by atoms with Crippen molar-refractivity contribution in [2.75, 3.05) is 11.4 Å². The molecule has 2 heterocycles. The Morgan fingerprint density at radius 3 is 2.88 bits per heavy atom. The van der Waals surface area contributed by atoms with E-state index in [1.165, 1.54) is 6.42 Å². The first-order chi connectivity index (χ1) is 7.52. The number of nitrogens with two attached hydrogens (primary N) is 1. The number of rotatable bonds is 2. The Kier molecular flexibility index (Phi) is 2.80. The molecule has 1 aliphatic heterocycles. The van der Waals surface area contributed by atoms with Gasteiger partial charge in [0.25, 0.3) is 0 Å².